The molecule has 3 aliphatic rings. The predicted molar refractivity (Wildman–Crippen MR) is 187 cm³/mol. The van der Waals surface area contributed by atoms with E-state index in [9.17, 15) is 14.4 Å². The smallest absolute Gasteiger partial charge is 0.314 e. The summed E-state index contributed by atoms with van der Waals surface area (Å²) in [6, 6.07) is 16.6. The Labute approximate surface area is 291 Å². The summed E-state index contributed by atoms with van der Waals surface area (Å²) in [4.78, 5) is 54.6. The number of nitrogens with two attached hydrogens (primary N) is 1. The minimum absolute atomic E-state index is 0.0314. The van der Waals surface area contributed by atoms with Gasteiger partial charge in [0.05, 0.1) is 18.1 Å². The molecule has 4 aromatic rings. The van der Waals surface area contributed by atoms with Crippen LogP contribution in [-0.2, 0) is 29.0 Å². The molecule has 0 radical (unpaired) electrons. The second kappa shape index (κ2) is 14.4. The fraction of sp³-hybridized carbons (Fsp3) is 0.378. The number of hydrogen-bond donors (Lipinski definition) is 2. The van der Waals surface area contributed by atoms with Crippen molar-refractivity contribution in [2.24, 2.45) is 11.7 Å². The van der Waals surface area contributed by atoms with Crippen molar-refractivity contribution in [2.75, 3.05) is 38.0 Å². The lowest BCUT2D eigenvalue weighted by molar-refractivity contribution is -0.138. The fourth-order valence-corrected chi connectivity index (χ4v) is 7.78. The highest BCUT2D eigenvalue weighted by Crippen LogP contribution is 2.39. The van der Waals surface area contributed by atoms with Crippen LogP contribution in [0.3, 0.4) is 0 Å². The molecule has 4 amide bonds. The Bertz CT molecular complexity index is 1820. The molecule has 7 rings (SSSR count). The zero-order valence-corrected chi connectivity index (χ0v) is 28.1. The number of hydrogen-bond acceptors (Lipinski definition) is 6. The Hall–Kier alpha value is -4.74. The van der Waals surface area contributed by atoms with E-state index in [0.29, 0.717) is 49.9 Å². The van der Waals surface area contributed by atoms with Gasteiger partial charge in [-0.15, -0.1) is 0 Å². The SMILES string of the molecule is NC(=O)N1CCC(CC(=O)N2CCN([C@@H]3c4ccc(Cl)cc4CCc4cccnc43)[C@@H](C(=O)Nc3cccc(Cn4ccnc4)c3)C2)CC1. The number of imidazole rings is 1. The Morgan fingerprint density at radius 2 is 1.76 bits per heavy atom. The van der Waals surface area contributed by atoms with Crippen molar-refractivity contribution in [3.05, 3.63) is 112 Å². The van der Waals surface area contributed by atoms with E-state index in [1.54, 1.807) is 17.4 Å². The van der Waals surface area contributed by atoms with Gasteiger partial charge >= 0.3 is 6.03 Å². The predicted octanol–water partition coefficient (Wildman–Crippen LogP) is 4.50. The van der Waals surface area contributed by atoms with E-state index in [1.165, 1.54) is 0 Å². The number of halogens is 1. The first-order valence-electron chi connectivity index (χ1n) is 17.0. The van der Waals surface area contributed by atoms with Gasteiger partial charge in [-0.05, 0) is 84.2 Å². The Morgan fingerprint density at radius 3 is 2.55 bits per heavy atom. The number of urea groups is 1. The number of benzene rings is 2. The molecule has 1 aliphatic carbocycles. The molecule has 2 saturated heterocycles. The maximum Gasteiger partial charge on any atom is 0.314 e. The van der Waals surface area contributed by atoms with Crippen molar-refractivity contribution in [1.82, 2.24) is 29.2 Å². The molecular weight excluding hydrogens is 640 g/mol. The maximum atomic E-state index is 14.5. The number of amides is 4. The van der Waals surface area contributed by atoms with E-state index < -0.39 is 12.1 Å². The summed E-state index contributed by atoms with van der Waals surface area (Å²) in [5.41, 5.74) is 11.5. The van der Waals surface area contributed by atoms with Gasteiger partial charge in [0.15, 0.2) is 0 Å². The molecule has 254 valence electrons. The van der Waals surface area contributed by atoms with E-state index in [0.717, 1.165) is 53.6 Å². The summed E-state index contributed by atoms with van der Waals surface area (Å²) in [6.07, 6.45) is 10.7. The van der Waals surface area contributed by atoms with Gasteiger partial charge in [-0.1, -0.05) is 35.9 Å². The molecule has 11 nitrogen and oxygen atoms in total. The van der Waals surface area contributed by atoms with E-state index in [1.807, 2.05) is 64.3 Å². The van der Waals surface area contributed by atoms with Crippen LogP contribution in [-0.4, -0.2) is 85.8 Å². The number of nitrogens with one attached hydrogen (secondary N) is 1. The van der Waals surface area contributed by atoms with Crippen molar-refractivity contribution in [1.29, 1.82) is 0 Å². The van der Waals surface area contributed by atoms with Crippen LogP contribution in [0.1, 0.15) is 53.3 Å². The summed E-state index contributed by atoms with van der Waals surface area (Å²) in [6.45, 7) is 2.98. The highest BCUT2D eigenvalue weighted by atomic mass is 35.5. The van der Waals surface area contributed by atoms with Gasteiger partial charge in [-0.2, -0.15) is 0 Å². The first-order valence-corrected chi connectivity index (χ1v) is 17.4. The number of anilines is 1. The van der Waals surface area contributed by atoms with E-state index >= 15 is 0 Å². The van der Waals surface area contributed by atoms with Crippen molar-refractivity contribution < 1.29 is 14.4 Å². The van der Waals surface area contributed by atoms with E-state index in [-0.39, 0.29) is 30.3 Å². The zero-order valence-electron chi connectivity index (χ0n) is 27.4. The molecule has 2 aromatic carbocycles. The molecule has 0 spiro atoms. The molecule has 2 aromatic heterocycles. The van der Waals surface area contributed by atoms with Crippen LogP contribution in [0.2, 0.25) is 5.02 Å². The number of piperidine rings is 1. The number of carbonyl (C=O) groups excluding carboxylic acids is 3. The number of primary amides is 1. The first kappa shape index (κ1) is 32.8. The number of aromatic nitrogens is 3. The topological polar surface area (TPSA) is 130 Å². The highest BCUT2D eigenvalue weighted by Gasteiger charge is 2.42. The van der Waals surface area contributed by atoms with Crippen LogP contribution < -0.4 is 11.1 Å². The van der Waals surface area contributed by atoms with Crippen molar-refractivity contribution in [2.45, 2.75) is 50.7 Å². The van der Waals surface area contributed by atoms with Gasteiger partial charge in [0.1, 0.15) is 6.04 Å². The Balaban J connectivity index is 1.18. The highest BCUT2D eigenvalue weighted by molar-refractivity contribution is 6.30. The van der Waals surface area contributed by atoms with E-state index in [2.05, 4.69) is 27.3 Å². The van der Waals surface area contributed by atoms with Gasteiger partial charge in [-0.25, -0.2) is 9.78 Å². The Kier molecular flexibility index (Phi) is 9.63. The van der Waals surface area contributed by atoms with Crippen LogP contribution in [0.15, 0.2) is 79.5 Å². The average molecular weight is 681 g/mol. The molecule has 0 bridgehead atoms. The normalized spacial score (nSPS) is 19.9. The Morgan fingerprint density at radius 1 is 0.918 bits per heavy atom. The lowest BCUT2D eigenvalue weighted by atomic mass is 9.92. The van der Waals surface area contributed by atoms with Crippen molar-refractivity contribution >= 4 is 35.1 Å². The molecule has 2 aliphatic heterocycles. The minimum Gasteiger partial charge on any atom is -0.351 e. The van der Waals surface area contributed by atoms with Gasteiger partial charge in [0.2, 0.25) is 11.8 Å². The number of nitrogens with zero attached hydrogens (tertiary/aromatic N) is 6. The summed E-state index contributed by atoms with van der Waals surface area (Å²) in [5, 5.41) is 3.87. The van der Waals surface area contributed by atoms with Gasteiger partial charge in [0, 0.05) is 75.0 Å². The first-order chi connectivity index (χ1) is 23.8. The second-order valence-corrected chi connectivity index (χ2v) is 13.7. The third kappa shape index (κ3) is 7.33. The number of carbonyl (C=O) groups is 3. The zero-order chi connectivity index (χ0) is 33.9. The van der Waals surface area contributed by atoms with E-state index in [4.69, 9.17) is 22.3 Å². The number of piperazine rings is 1. The van der Waals surface area contributed by atoms with Crippen LogP contribution in [0, 0.1) is 5.92 Å². The molecule has 2 atom stereocenters. The number of aryl methyl sites for hydroxylation is 2. The molecule has 12 heteroatoms. The average Bonchev–Trinajstić information content (AvgIpc) is 3.56. The van der Waals surface area contributed by atoms with Crippen LogP contribution in [0.25, 0.3) is 0 Å². The van der Waals surface area contributed by atoms with Crippen LogP contribution in [0.4, 0.5) is 10.5 Å². The molecule has 49 heavy (non-hydrogen) atoms. The quantitative estimate of drug-likeness (QED) is 0.296. The minimum atomic E-state index is -0.645. The fourth-order valence-electron chi connectivity index (χ4n) is 7.58. The summed E-state index contributed by atoms with van der Waals surface area (Å²) < 4.78 is 1.98. The molecular formula is C37H41ClN8O3. The van der Waals surface area contributed by atoms with Crippen LogP contribution in [0.5, 0.6) is 0 Å². The number of fused-ring (bicyclic) bond motifs is 2. The standard InChI is InChI=1S/C37H41ClN8O3/c38-29-8-9-31-28(21-29)7-6-27-4-2-12-41-34(27)35(31)46-18-17-45(33(47)20-25-10-14-44(15-11-25)37(39)49)23-32(46)36(48)42-30-5-1-3-26(19-30)22-43-16-13-40-24-43/h1-5,8-9,12-13,16,19,21,24-25,32,35H,6-7,10-11,14-15,17-18,20,22-23H2,(H2,39,49)(H,42,48)/t32-,35-/m1/s1. The van der Waals surface area contributed by atoms with Crippen LogP contribution >= 0.6 is 11.6 Å². The largest absolute Gasteiger partial charge is 0.351 e. The van der Waals surface area contributed by atoms with Gasteiger partial charge in [-0.3, -0.25) is 19.5 Å². The summed E-state index contributed by atoms with van der Waals surface area (Å²) in [5.74, 6) is 0.0226. The van der Waals surface area contributed by atoms with Crippen molar-refractivity contribution in [3.63, 3.8) is 0 Å². The second-order valence-electron chi connectivity index (χ2n) is 13.3. The third-order valence-electron chi connectivity index (χ3n) is 10.2. The number of pyridine rings is 1. The molecule has 0 unspecified atom stereocenters. The monoisotopic (exact) mass is 680 g/mol. The lowest BCUT2D eigenvalue weighted by Crippen LogP contribution is -2.60. The van der Waals surface area contributed by atoms with Crippen molar-refractivity contribution in [3.8, 4) is 0 Å². The molecule has 2 fully saturated rings. The number of likely N-dealkylation sites (tertiary alicyclic amines) is 1. The summed E-state index contributed by atoms with van der Waals surface area (Å²) >= 11 is 6.49. The molecule has 0 saturated carbocycles. The lowest BCUT2D eigenvalue weighted by Gasteiger charge is -2.45. The number of rotatable bonds is 7. The molecule has 3 N–H and O–H groups in total. The third-order valence-corrected chi connectivity index (χ3v) is 10.4. The van der Waals surface area contributed by atoms with Gasteiger partial charge in [0.25, 0.3) is 0 Å². The summed E-state index contributed by atoms with van der Waals surface area (Å²) in [7, 11) is 0. The molecule has 4 heterocycles. The van der Waals surface area contributed by atoms with Gasteiger partial charge < -0.3 is 25.4 Å². The maximum absolute atomic E-state index is 14.5.